The van der Waals surface area contributed by atoms with Crippen molar-refractivity contribution in [3.8, 4) is 5.75 Å². The van der Waals surface area contributed by atoms with Gasteiger partial charge >= 0.3 is 5.97 Å². The maximum atomic E-state index is 11.7. The van der Waals surface area contributed by atoms with Crippen LogP contribution in [0.1, 0.15) is 26.3 Å². The Morgan fingerprint density at radius 2 is 1.82 bits per heavy atom. The number of benzene rings is 1. The van der Waals surface area contributed by atoms with Crippen LogP contribution in [0.5, 0.6) is 5.75 Å². The second-order valence-electron chi connectivity index (χ2n) is 5.89. The maximum absolute atomic E-state index is 11.7. The third-order valence-corrected chi connectivity index (χ3v) is 3.09. The second kappa shape index (κ2) is 7.79. The fraction of sp³-hybridized carbons (Fsp3) is 0.500. The molecule has 122 valence electrons. The Bertz CT molecular complexity index is 504. The van der Waals surface area contributed by atoms with Gasteiger partial charge < -0.3 is 19.9 Å². The van der Waals surface area contributed by atoms with E-state index in [1.54, 1.807) is 12.1 Å². The fourth-order valence-corrected chi connectivity index (χ4v) is 1.76. The predicted octanol–water partition coefficient (Wildman–Crippen LogP) is 1.01. The number of ether oxygens (including phenoxy) is 2. The molecule has 0 saturated heterocycles. The molecule has 0 radical (unpaired) electrons. The van der Waals surface area contributed by atoms with E-state index in [9.17, 15) is 9.59 Å². The summed E-state index contributed by atoms with van der Waals surface area (Å²) in [4.78, 5) is 22.9. The monoisotopic (exact) mass is 309 g/mol. The highest BCUT2D eigenvalue weighted by molar-refractivity contribution is 5.85. The minimum atomic E-state index is -1.08. The van der Waals surface area contributed by atoms with Gasteiger partial charge in [0.15, 0.2) is 12.6 Å². The van der Waals surface area contributed by atoms with E-state index in [1.165, 1.54) is 7.11 Å². The zero-order chi connectivity index (χ0) is 16.8. The normalized spacial score (nSPS) is 12.4. The number of hydrogen-bond acceptors (Lipinski definition) is 5. The summed E-state index contributed by atoms with van der Waals surface area (Å²) in [5.41, 5.74) is 1.21. The largest absolute Gasteiger partial charge is 0.484 e. The number of nitrogens with one attached hydrogen (secondary N) is 1. The highest BCUT2D eigenvalue weighted by Gasteiger charge is 2.20. The van der Waals surface area contributed by atoms with Gasteiger partial charge in [0, 0.05) is 0 Å². The highest BCUT2D eigenvalue weighted by atomic mass is 16.5. The molecule has 1 aromatic carbocycles. The summed E-state index contributed by atoms with van der Waals surface area (Å²) in [6, 6.07) is 6.38. The molecule has 0 heterocycles. The Morgan fingerprint density at radius 1 is 1.23 bits per heavy atom. The lowest BCUT2D eigenvalue weighted by molar-refractivity contribution is -0.146. The molecular formula is C16H23NO5. The molecule has 0 spiro atoms. The Balaban J connectivity index is 2.52. The van der Waals surface area contributed by atoms with Crippen molar-refractivity contribution < 1.29 is 24.2 Å². The Hall–Kier alpha value is -2.08. The van der Waals surface area contributed by atoms with Gasteiger partial charge in [0.25, 0.3) is 5.91 Å². The van der Waals surface area contributed by atoms with Crippen molar-refractivity contribution in [2.24, 2.45) is 0 Å². The van der Waals surface area contributed by atoms with E-state index in [0.717, 1.165) is 5.56 Å². The highest BCUT2D eigenvalue weighted by Crippen LogP contribution is 2.24. The molecule has 1 amide bonds. The fourth-order valence-electron chi connectivity index (χ4n) is 1.76. The zero-order valence-electron chi connectivity index (χ0n) is 13.4. The molecule has 6 heteroatoms. The lowest BCUT2D eigenvalue weighted by Crippen LogP contribution is -2.45. The van der Waals surface area contributed by atoms with Gasteiger partial charge in [-0.15, -0.1) is 0 Å². The molecule has 0 unspecified atom stereocenters. The van der Waals surface area contributed by atoms with Crippen LogP contribution in [-0.2, 0) is 19.7 Å². The molecular weight excluding hydrogens is 286 g/mol. The van der Waals surface area contributed by atoms with Gasteiger partial charge in [0.2, 0.25) is 0 Å². The van der Waals surface area contributed by atoms with Crippen molar-refractivity contribution in [2.75, 3.05) is 20.3 Å². The molecule has 1 rings (SSSR count). The predicted molar refractivity (Wildman–Crippen MR) is 81.7 cm³/mol. The smallest absolute Gasteiger partial charge is 0.330 e. The first-order chi connectivity index (χ1) is 10.3. The van der Waals surface area contributed by atoms with E-state index in [1.807, 2.05) is 12.1 Å². The average Bonchev–Trinajstić information content (AvgIpc) is 2.49. The van der Waals surface area contributed by atoms with Crippen LogP contribution < -0.4 is 10.1 Å². The van der Waals surface area contributed by atoms with Crippen molar-refractivity contribution in [1.82, 2.24) is 5.32 Å². The van der Waals surface area contributed by atoms with E-state index in [2.05, 4.69) is 30.8 Å². The Kier molecular flexibility index (Phi) is 6.37. The van der Waals surface area contributed by atoms with E-state index < -0.39 is 24.5 Å². The molecule has 2 N–H and O–H groups in total. The minimum Gasteiger partial charge on any atom is -0.484 e. The summed E-state index contributed by atoms with van der Waals surface area (Å²) >= 11 is 0. The van der Waals surface area contributed by atoms with Crippen LogP contribution in [0.3, 0.4) is 0 Å². The summed E-state index contributed by atoms with van der Waals surface area (Å²) in [5, 5.41) is 11.3. The first-order valence-corrected chi connectivity index (χ1v) is 6.99. The third kappa shape index (κ3) is 5.37. The van der Waals surface area contributed by atoms with Gasteiger partial charge in [0.05, 0.1) is 13.7 Å². The van der Waals surface area contributed by atoms with Crippen LogP contribution in [0.4, 0.5) is 0 Å². The van der Waals surface area contributed by atoms with Crippen molar-refractivity contribution in [2.45, 2.75) is 32.2 Å². The SMILES string of the molecule is COC(=O)[C@H](CO)NC(=O)COc1ccc(C(C)(C)C)cc1. The topological polar surface area (TPSA) is 84.9 Å². The third-order valence-electron chi connectivity index (χ3n) is 3.09. The van der Waals surface area contributed by atoms with Crippen LogP contribution in [0.15, 0.2) is 24.3 Å². The van der Waals surface area contributed by atoms with Crippen LogP contribution in [0, 0.1) is 0 Å². The molecule has 0 aliphatic rings. The molecule has 0 aliphatic heterocycles. The molecule has 0 saturated carbocycles. The van der Waals surface area contributed by atoms with Gasteiger partial charge in [-0.05, 0) is 23.1 Å². The van der Waals surface area contributed by atoms with Crippen molar-refractivity contribution >= 4 is 11.9 Å². The Morgan fingerprint density at radius 3 is 2.27 bits per heavy atom. The quantitative estimate of drug-likeness (QED) is 0.766. The van der Waals surface area contributed by atoms with Gasteiger partial charge in [0.1, 0.15) is 5.75 Å². The first kappa shape index (κ1) is 18.0. The average molecular weight is 309 g/mol. The van der Waals surface area contributed by atoms with E-state index in [0.29, 0.717) is 5.75 Å². The lowest BCUT2D eigenvalue weighted by atomic mass is 9.87. The molecule has 0 aromatic heterocycles. The van der Waals surface area contributed by atoms with Crippen LogP contribution >= 0.6 is 0 Å². The van der Waals surface area contributed by atoms with Crippen molar-refractivity contribution in [3.63, 3.8) is 0 Å². The summed E-state index contributed by atoms with van der Waals surface area (Å²) in [7, 11) is 1.18. The summed E-state index contributed by atoms with van der Waals surface area (Å²) in [6.07, 6.45) is 0. The Labute approximate surface area is 130 Å². The maximum Gasteiger partial charge on any atom is 0.330 e. The number of hydrogen-bond donors (Lipinski definition) is 2. The molecule has 0 aliphatic carbocycles. The molecule has 0 fully saturated rings. The van der Waals surface area contributed by atoms with E-state index in [4.69, 9.17) is 9.84 Å². The number of methoxy groups -OCH3 is 1. The molecule has 0 bridgehead atoms. The van der Waals surface area contributed by atoms with Crippen molar-refractivity contribution in [1.29, 1.82) is 0 Å². The van der Waals surface area contributed by atoms with Gasteiger partial charge in [-0.3, -0.25) is 4.79 Å². The van der Waals surface area contributed by atoms with Crippen LogP contribution in [0.2, 0.25) is 0 Å². The number of aliphatic hydroxyl groups excluding tert-OH is 1. The summed E-state index contributed by atoms with van der Waals surface area (Å²) < 4.78 is 9.81. The first-order valence-electron chi connectivity index (χ1n) is 6.99. The molecule has 6 nitrogen and oxygen atoms in total. The van der Waals surface area contributed by atoms with Gasteiger partial charge in [-0.25, -0.2) is 4.79 Å². The minimum absolute atomic E-state index is 0.0464. The van der Waals surface area contributed by atoms with E-state index in [-0.39, 0.29) is 12.0 Å². The number of carbonyl (C=O) groups excluding carboxylic acids is 2. The molecule has 1 atom stereocenters. The summed E-state index contributed by atoms with van der Waals surface area (Å²) in [5.74, 6) is -0.656. The van der Waals surface area contributed by atoms with Crippen LogP contribution in [-0.4, -0.2) is 43.3 Å². The molecule has 22 heavy (non-hydrogen) atoms. The zero-order valence-corrected chi connectivity index (χ0v) is 13.4. The summed E-state index contributed by atoms with van der Waals surface area (Å²) in [6.45, 7) is 5.55. The van der Waals surface area contributed by atoms with Crippen molar-refractivity contribution in [3.05, 3.63) is 29.8 Å². The number of aliphatic hydroxyl groups is 1. The standard InChI is InChI=1S/C16H23NO5/c1-16(2,3)11-5-7-12(8-6-11)22-10-14(19)17-13(9-18)15(20)21-4/h5-8,13,18H,9-10H2,1-4H3,(H,17,19)/t13-/m0/s1. The number of carbonyl (C=O) groups is 2. The second-order valence-corrected chi connectivity index (χ2v) is 5.89. The molecule has 1 aromatic rings. The van der Waals surface area contributed by atoms with Gasteiger partial charge in [-0.1, -0.05) is 32.9 Å². The van der Waals surface area contributed by atoms with Gasteiger partial charge in [-0.2, -0.15) is 0 Å². The number of amides is 1. The van der Waals surface area contributed by atoms with Crippen LogP contribution in [0.25, 0.3) is 0 Å². The lowest BCUT2D eigenvalue weighted by Gasteiger charge is -2.19. The number of rotatable bonds is 6. The van der Waals surface area contributed by atoms with E-state index >= 15 is 0 Å². The number of esters is 1.